The number of phenolic OH excluding ortho intramolecular Hbond substituents is 1. The van der Waals surface area contributed by atoms with E-state index in [1.807, 2.05) is 0 Å². The van der Waals surface area contributed by atoms with Crippen molar-refractivity contribution in [3.63, 3.8) is 0 Å². The van der Waals surface area contributed by atoms with Crippen molar-refractivity contribution in [3.8, 4) is 27.7 Å². The minimum atomic E-state index is -0.340. The van der Waals surface area contributed by atoms with Gasteiger partial charge in [-0.3, -0.25) is 0 Å². The Morgan fingerprint density at radius 1 is 0.800 bits per heavy atom. The number of thiophene rings is 1. The van der Waals surface area contributed by atoms with Gasteiger partial charge in [-0.1, -0.05) is 23.5 Å². The number of ether oxygens (including phenoxy) is 1. The summed E-state index contributed by atoms with van der Waals surface area (Å²) < 4.78 is 33.2. The van der Waals surface area contributed by atoms with E-state index in [2.05, 4.69) is 0 Å². The Morgan fingerprint density at radius 3 is 2.12 bits per heavy atom. The molecule has 0 amide bonds. The van der Waals surface area contributed by atoms with E-state index in [4.69, 9.17) is 4.74 Å². The summed E-state index contributed by atoms with van der Waals surface area (Å²) >= 11 is 1.37. The summed E-state index contributed by atoms with van der Waals surface area (Å²) in [5.74, 6) is 0.00239. The SMILES string of the molecule is Oc1ccc2c(-c3ccc(F)cc3)c(Oc3ccc(F)cc3)sc2c1. The first-order valence-corrected chi connectivity index (χ1v) is 8.37. The molecule has 1 N–H and O–H groups in total. The normalized spacial score (nSPS) is 11.0. The first-order chi connectivity index (χ1) is 12.1. The van der Waals surface area contributed by atoms with Gasteiger partial charge in [0.05, 0.1) is 0 Å². The van der Waals surface area contributed by atoms with Crippen LogP contribution in [0.2, 0.25) is 0 Å². The summed E-state index contributed by atoms with van der Waals surface area (Å²) in [6.45, 7) is 0. The van der Waals surface area contributed by atoms with Crippen LogP contribution in [-0.2, 0) is 0 Å². The Hall–Kier alpha value is -2.92. The van der Waals surface area contributed by atoms with E-state index in [1.165, 1.54) is 35.6 Å². The number of aromatic hydroxyl groups is 1. The average molecular weight is 354 g/mol. The van der Waals surface area contributed by atoms with Crippen LogP contribution >= 0.6 is 11.3 Å². The monoisotopic (exact) mass is 354 g/mol. The summed E-state index contributed by atoms with van der Waals surface area (Å²) in [4.78, 5) is 0. The van der Waals surface area contributed by atoms with Crippen molar-refractivity contribution in [3.05, 3.63) is 78.4 Å². The lowest BCUT2D eigenvalue weighted by atomic mass is 10.0. The van der Waals surface area contributed by atoms with Gasteiger partial charge < -0.3 is 9.84 Å². The highest BCUT2D eigenvalue weighted by atomic mass is 32.1. The molecule has 0 aliphatic rings. The lowest BCUT2D eigenvalue weighted by molar-refractivity contribution is 0.476. The van der Waals surface area contributed by atoms with Crippen LogP contribution in [0.25, 0.3) is 21.2 Å². The molecule has 0 saturated heterocycles. The summed E-state index contributed by atoms with van der Waals surface area (Å²) in [6.07, 6.45) is 0. The van der Waals surface area contributed by atoms with Crippen LogP contribution < -0.4 is 4.74 Å². The van der Waals surface area contributed by atoms with Gasteiger partial charge in [0, 0.05) is 15.6 Å². The fourth-order valence-electron chi connectivity index (χ4n) is 2.63. The molecular formula is C20H12F2O2S. The fraction of sp³-hybridized carbons (Fsp3) is 0. The van der Waals surface area contributed by atoms with Crippen LogP contribution in [0.5, 0.6) is 16.6 Å². The first kappa shape index (κ1) is 15.6. The molecule has 0 aliphatic heterocycles. The lowest BCUT2D eigenvalue weighted by Gasteiger charge is -2.07. The number of phenols is 1. The first-order valence-electron chi connectivity index (χ1n) is 7.55. The van der Waals surface area contributed by atoms with E-state index < -0.39 is 0 Å². The second-order valence-corrected chi connectivity index (χ2v) is 6.52. The zero-order valence-electron chi connectivity index (χ0n) is 12.9. The second kappa shape index (κ2) is 6.18. The Balaban J connectivity index is 1.88. The number of halogens is 2. The number of hydrogen-bond acceptors (Lipinski definition) is 3. The molecule has 4 rings (SSSR count). The smallest absolute Gasteiger partial charge is 0.189 e. The highest BCUT2D eigenvalue weighted by molar-refractivity contribution is 7.21. The average Bonchev–Trinajstić information content (AvgIpc) is 2.94. The van der Waals surface area contributed by atoms with E-state index in [9.17, 15) is 13.9 Å². The maximum absolute atomic E-state index is 13.3. The highest BCUT2D eigenvalue weighted by Gasteiger charge is 2.17. The third-order valence-electron chi connectivity index (χ3n) is 3.80. The van der Waals surface area contributed by atoms with Crippen LogP contribution in [0.15, 0.2) is 66.7 Å². The van der Waals surface area contributed by atoms with Crippen LogP contribution in [0, 0.1) is 11.6 Å². The number of benzene rings is 3. The Morgan fingerprint density at radius 2 is 1.44 bits per heavy atom. The maximum Gasteiger partial charge on any atom is 0.189 e. The van der Waals surface area contributed by atoms with Crippen molar-refractivity contribution in [2.45, 2.75) is 0 Å². The summed E-state index contributed by atoms with van der Waals surface area (Å²) in [5.41, 5.74) is 1.61. The van der Waals surface area contributed by atoms with E-state index in [0.29, 0.717) is 10.8 Å². The quantitative estimate of drug-likeness (QED) is 0.465. The predicted molar refractivity (Wildman–Crippen MR) is 95.4 cm³/mol. The Labute approximate surface area is 146 Å². The Kier molecular flexibility index (Phi) is 3.86. The van der Waals surface area contributed by atoms with E-state index in [1.54, 1.807) is 42.5 Å². The minimum absolute atomic E-state index is 0.160. The van der Waals surface area contributed by atoms with Crippen molar-refractivity contribution < 1.29 is 18.6 Å². The van der Waals surface area contributed by atoms with Crippen molar-refractivity contribution in [1.82, 2.24) is 0 Å². The molecule has 3 aromatic carbocycles. The van der Waals surface area contributed by atoms with E-state index in [-0.39, 0.29) is 17.4 Å². The van der Waals surface area contributed by atoms with Gasteiger partial charge in [-0.25, -0.2) is 8.78 Å². The molecule has 0 spiro atoms. The van der Waals surface area contributed by atoms with Gasteiger partial charge in [0.2, 0.25) is 0 Å². The molecule has 1 aromatic heterocycles. The van der Waals surface area contributed by atoms with E-state index >= 15 is 0 Å². The standard InChI is InChI=1S/C20H12F2O2S/c21-13-3-1-12(2-4-13)19-17-10-7-15(23)11-18(17)25-20(19)24-16-8-5-14(22)6-9-16/h1-11,23H. The molecular weight excluding hydrogens is 342 g/mol. The molecule has 0 aliphatic carbocycles. The maximum atomic E-state index is 13.3. The predicted octanol–water partition coefficient (Wildman–Crippen LogP) is 6.34. The summed E-state index contributed by atoms with van der Waals surface area (Å²) in [7, 11) is 0. The van der Waals surface area contributed by atoms with Gasteiger partial charge in [-0.2, -0.15) is 0 Å². The molecule has 1 heterocycles. The molecule has 0 atom stereocenters. The molecule has 5 heteroatoms. The van der Waals surface area contributed by atoms with Crippen molar-refractivity contribution in [1.29, 1.82) is 0 Å². The third-order valence-corrected chi connectivity index (χ3v) is 4.83. The second-order valence-electron chi connectivity index (χ2n) is 5.51. The van der Waals surface area contributed by atoms with Crippen LogP contribution in [0.1, 0.15) is 0 Å². The summed E-state index contributed by atoms with van der Waals surface area (Å²) in [5, 5.41) is 11.2. The fourth-order valence-corrected chi connectivity index (χ4v) is 3.76. The van der Waals surface area contributed by atoms with E-state index in [0.717, 1.165) is 21.2 Å². The minimum Gasteiger partial charge on any atom is -0.508 e. The number of hydrogen-bond donors (Lipinski definition) is 1. The van der Waals surface area contributed by atoms with Crippen molar-refractivity contribution >= 4 is 21.4 Å². The van der Waals surface area contributed by atoms with Crippen LogP contribution in [0.3, 0.4) is 0 Å². The van der Waals surface area contributed by atoms with Gasteiger partial charge in [0.1, 0.15) is 23.1 Å². The topological polar surface area (TPSA) is 29.5 Å². The molecule has 0 fully saturated rings. The van der Waals surface area contributed by atoms with Crippen LogP contribution in [0.4, 0.5) is 8.78 Å². The zero-order valence-corrected chi connectivity index (χ0v) is 13.7. The molecule has 4 aromatic rings. The Bertz CT molecular complexity index is 1040. The molecule has 2 nitrogen and oxygen atoms in total. The molecule has 124 valence electrons. The zero-order chi connectivity index (χ0) is 17.4. The van der Waals surface area contributed by atoms with Gasteiger partial charge in [0.25, 0.3) is 0 Å². The highest BCUT2D eigenvalue weighted by Crippen LogP contribution is 2.47. The van der Waals surface area contributed by atoms with Gasteiger partial charge in [-0.15, -0.1) is 0 Å². The van der Waals surface area contributed by atoms with Gasteiger partial charge in [0.15, 0.2) is 5.06 Å². The van der Waals surface area contributed by atoms with Crippen molar-refractivity contribution in [2.24, 2.45) is 0 Å². The molecule has 0 bridgehead atoms. The number of fused-ring (bicyclic) bond motifs is 1. The largest absolute Gasteiger partial charge is 0.508 e. The number of rotatable bonds is 3. The van der Waals surface area contributed by atoms with Crippen LogP contribution in [-0.4, -0.2) is 5.11 Å². The summed E-state index contributed by atoms with van der Waals surface area (Å²) in [6, 6.07) is 16.9. The molecule has 0 radical (unpaired) electrons. The van der Waals surface area contributed by atoms with Gasteiger partial charge in [-0.05, 0) is 60.2 Å². The molecule has 0 saturated carbocycles. The van der Waals surface area contributed by atoms with Gasteiger partial charge >= 0.3 is 0 Å². The lowest BCUT2D eigenvalue weighted by Crippen LogP contribution is -1.85. The molecule has 0 unspecified atom stereocenters. The van der Waals surface area contributed by atoms with Crippen molar-refractivity contribution in [2.75, 3.05) is 0 Å². The molecule has 25 heavy (non-hydrogen) atoms. The third kappa shape index (κ3) is 3.06.